The van der Waals surface area contributed by atoms with Gasteiger partial charge in [0.05, 0.1) is 11.4 Å². The van der Waals surface area contributed by atoms with E-state index in [1.165, 1.54) is 4.90 Å². The van der Waals surface area contributed by atoms with Crippen molar-refractivity contribution in [3.63, 3.8) is 0 Å². The van der Waals surface area contributed by atoms with Crippen molar-refractivity contribution in [3.8, 4) is 0 Å². The molecule has 7 heteroatoms. The number of carboxylic acids is 1. The number of carbonyl (C=O) groups is 3. The average molecular weight is 305 g/mol. The van der Waals surface area contributed by atoms with Gasteiger partial charge in [-0.1, -0.05) is 26.0 Å². The van der Waals surface area contributed by atoms with Gasteiger partial charge in [-0.3, -0.25) is 9.69 Å². The number of para-hydroxylation sites is 2. The number of benzene rings is 1. The molecular weight excluding hydrogens is 286 g/mol. The second kappa shape index (κ2) is 6.46. The van der Waals surface area contributed by atoms with Crippen LogP contribution in [0.3, 0.4) is 0 Å². The van der Waals surface area contributed by atoms with Gasteiger partial charge in [0, 0.05) is 0 Å². The summed E-state index contributed by atoms with van der Waals surface area (Å²) in [5.74, 6) is -1.28. The number of aliphatic carboxylic acids is 1. The van der Waals surface area contributed by atoms with Gasteiger partial charge in [-0.05, 0) is 24.5 Å². The van der Waals surface area contributed by atoms with Gasteiger partial charge in [-0.15, -0.1) is 0 Å². The highest BCUT2D eigenvalue weighted by Crippen LogP contribution is 2.28. The van der Waals surface area contributed by atoms with Crippen LogP contribution in [-0.2, 0) is 9.59 Å². The predicted molar refractivity (Wildman–Crippen MR) is 81.8 cm³/mol. The summed E-state index contributed by atoms with van der Waals surface area (Å²) >= 11 is 0. The molecule has 0 fully saturated rings. The fourth-order valence-corrected chi connectivity index (χ4v) is 2.33. The van der Waals surface area contributed by atoms with Crippen LogP contribution in [0, 0.1) is 5.92 Å². The van der Waals surface area contributed by atoms with E-state index in [4.69, 9.17) is 0 Å². The number of carbonyl (C=O) groups excluding carboxylic acids is 2. The summed E-state index contributed by atoms with van der Waals surface area (Å²) in [6.07, 6.45) is 0.322. The Balaban J connectivity index is 2.18. The second-order valence-electron chi connectivity index (χ2n) is 5.62. The zero-order valence-electron chi connectivity index (χ0n) is 12.5. The molecule has 0 unspecified atom stereocenters. The van der Waals surface area contributed by atoms with Crippen LogP contribution < -0.4 is 15.5 Å². The van der Waals surface area contributed by atoms with Gasteiger partial charge in [0.1, 0.15) is 12.6 Å². The number of hydrogen-bond donors (Lipinski definition) is 3. The Hall–Kier alpha value is -2.57. The molecule has 0 saturated heterocycles. The van der Waals surface area contributed by atoms with Crippen molar-refractivity contribution in [2.45, 2.75) is 26.3 Å². The number of fused-ring (bicyclic) bond motifs is 1. The lowest BCUT2D eigenvalue weighted by atomic mass is 10.0. The van der Waals surface area contributed by atoms with Crippen molar-refractivity contribution in [2.75, 3.05) is 16.8 Å². The van der Waals surface area contributed by atoms with Gasteiger partial charge in [-0.2, -0.15) is 0 Å². The third-order valence-electron chi connectivity index (χ3n) is 3.32. The Morgan fingerprint density at radius 2 is 2.05 bits per heavy atom. The molecular formula is C15H19N3O4. The summed E-state index contributed by atoms with van der Waals surface area (Å²) < 4.78 is 0. The number of carboxylic acid groups (broad SMARTS) is 1. The fraction of sp³-hybridized carbons (Fsp3) is 0.400. The summed E-state index contributed by atoms with van der Waals surface area (Å²) in [4.78, 5) is 36.6. The molecule has 1 aliphatic heterocycles. The highest BCUT2D eigenvalue weighted by molar-refractivity contribution is 6.09. The second-order valence-corrected chi connectivity index (χ2v) is 5.62. The number of urea groups is 1. The minimum absolute atomic E-state index is 0.123. The number of hydrogen-bond acceptors (Lipinski definition) is 3. The fourth-order valence-electron chi connectivity index (χ4n) is 2.33. The van der Waals surface area contributed by atoms with Crippen LogP contribution in [0.5, 0.6) is 0 Å². The van der Waals surface area contributed by atoms with Gasteiger partial charge in [0.25, 0.3) is 0 Å². The molecule has 7 nitrogen and oxygen atoms in total. The van der Waals surface area contributed by atoms with Gasteiger partial charge in [-0.25, -0.2) is 9.59 Å². The number of nitrogens with zero attached hydrogens (tertiary/aromatic N) is 1. The van der Waals surface area contributed by atoms with E-state index in [9.17, 15) is 19.5 Å². The smallest absolute Gasteiger partial charge is 0.326 e. The lowest BCUT2D eigenvalue weighted by Crippen LogP contribution is -2.52. The van der Waals surface area contributed by atoms with Crippen molar-refractivity contribution in [2.24, 2.45) is 5.92 Å². The highest BCUT2D eigenvalue weighted by atomic mass is 16.4. The molecule has 0 aliphatic carbocycles. The SMILES string of the molecule is CC(C)C[C@@H](NC(=O)N1CC(=O)Nc2ccccc21)C(=O)O. The summed E-state index contributed by atoms with van der Waals surface area (Å²) in [6.45, 7) is 3.62. The summed E-state index contributed by atoms with van der Waals surface area (Å²) in [6, 6.07) is 5.32. The topological polar surface area (TPSA) is 98.7 Å². The van der Waals surface area contributed by atoms with Gasteiger partial charge in [0.2, 0.25) is 5.91 Å². The van der Waals surface area contributed by atoms with Crippen LogP contribution in [0.1, 0.15) is 20.3 Å². The molecule has 0 saturated carbocycles. The van der Waals surface area contributed by atoms with E-state index in [2.05, 4.69) is 10.6 Å². The van der Waals surface area contributed by atoms with E-state index in [-0.39, 0.29) is 18.4 Å². The molecule has 1 heterocycles. The lowest BCUT2D eigenvalue weighted by Gasteiger charge is -2.30. The first kappa shape index (κ1) is 15.8. The number of amides is 3. The molecule has 1 aliphatic rings. The standard InChI is InChI=1S/C15H19N3O4/c1-9(2)7-11(14(20)21)17-15(22)18-8-13(19)16-10-5-3-4-6-12(10)18/h3-6,9,11H,7-8H2,1-2H3,(H,16,19)(H,17,22)(H,20,21)/t11-/m1/s1. The third kappa shape index (κ3) is 3.55. The molecule has 3 amide bonds. The largest absolute Gasteiger partial charge is 0.480 e. The Bertz CT molecular complexity index is 600. The molecule has 1 aromatic carbocycles. The molecule has 0 bridgehead atoms. The maximum Gasteiger partial charge on any atom is 0.326 e. The van der Waals surface area contributed by atoms with Crippen LogP contribution in [0.2, 0.25) is 0 Å². The summed E-state index contributed by atoms with van der Waals surface area (Å²) in [7, 11) is 0. The highest BCUT2D eigenvalue weighted by Gasteiger charge is 2.29. The van der Waals surface area contributed by atoms with E-state index in [1.54, 1.807) is 24.3 Å². The van der Waals surface area contributed by atoms with Gasteiger partial charge < -0.3 is 15.7 Å². The van der Waals surface area contributed by atoms with Crippen molar-refractivity contribution in [3.05, 3.63) is 24.3 Å². The maximum atomic E-state index is 12.4. The van der Waals surface area contributed by atoms with Crippen molar-refractivity contribution in [1.29, 1.82) is 0 Å². The zero-order valence-corrected chi connectivity index (χ0v) is 12.5. The molecule has 0 spiro atoms. The van der Waals surface area contributed by atoms with Gasteiger partial charge in [0.15, 0.2) is 0 Å². The molecule has 22 heavy (non-hydrogen) atoms. The third-order valence-corrected chi connectivity index (χ3v) is 3.32. The first-order valence-electron chi connectivity index (χ1n) is 7.08. The first-order valence-corrected chi connectivity index (χ1v) is 7.08. The van der Waals surface area contributed by atoms with Crippen LogP contribution in [0.25, 0.3) is 0 Å². The molecule has 2 rings (SSSR count). The number of anilines is 2. The lowest BCUT2D eigenvalue weighted by molar-refractivity contribution is -0.139. The monoisotopic (exact) mass is 305 g/mol. The van der Waals surface area contributed by atoms with Crippen LogP contribution in [0.4, 0.5) is 16.2 Å². The first-order chi connectivity index (χ1) is 10.4. The minimum Gasteiger partial charge on any atom is -0.480 e. The molecule has 0 radical (unpaired) electrons. The Labute approximate surface area is 128 Å². The van der Waals surface area contributed by atoms with Crippen molar-refractivity contribution in [1.82, 2.24) is 5.32 Å². The molecule has 3 N–H and O–H groups in total. The van der Waals surface area contributed by atoms with Crippen LogP contribution in [0.15, 0.2) is 24.3 Å². The quantitative estimate of drug-likeness (QED) is 0.787. The number of rotatable bonds is 4. The Kier molecular flexibility index (Phi) is 4.65. The maximum absolute atomic E-state index is 12.4. The van der Waals surface area contributed by atoms with E-state index in [1.807, 2.05) is 13.8 Å². The minimum atomic E-state index is -1.09. The van der Waals surface area contributed by atoms with Gasteiger partial charge >= 0.3 is 12.0 Å². The zero-order chi connectivity index (χ0) is 16.3. The van der Waals surface area contributed by atoms with E-state index < -0.39 is 18.0 Å². The summed E-state index contributed by atoms with van der Waals surface area (Å²) in [5.41, 5.74) is 1.08. The van der Waals surface area contributed by atoms with E-state index >= 15 is 0 Å². The van der Waals surface area contributed by atoms with Crippen molar-refractivity contribution < 1.29 is 19.5 Å². The normalized spacial score (nSPS) is 15.0. The van der Waals surface area contributed by atoms with Crippen molar-refractivity contribution >= 4 is 29.3 Å². The Morgan fingerprint density at radius 3 is 2.68 bits per heavy atom. The predicted octanol–water partition coefficient (Wildman–Crippen LogP) is 1.65. The molecule has 118 valence electrons. The van der Waals surface area contributed by atoms with E-state index in [0.29, 0.717) is 17.8 Å². The average Bonchev–Trinajstić information content (AvgIpc) is 2.44. The van der Waals surface area contributed by atoms with Crippen LogP contribution >= 0.6 is 0 Å². The Morgan fingerprint density at radius 1 is 1.36 bits per heavy atom. The van der Waals surface area contributed by atoms with E-state index in [0.717, 1.165) is 0 Å². The molecule has 1 atom stereocenters. The molecule has 0 aromatic heterocycles. The summed E-state index contributed by atoms with van der Waals surface area (Å²) in [5, 5.41) is 14.4. The molecule has 1 aromatic rings. The van der Waals surface area contributed by atoms with Crippen LogP contribution in [-0.4, -0.2) is 35.6 Å². The number of nitrogens with one attached hydrogen (secondary N) is 2.